The second-order valence-corrected chi connectivity index (χ2v) is 15.8. The van der Waals surface area contributed by atoms with Gasteiger partial charge in [0.15, 0.2) is 11.6 Å². The lowest BCUT2D eigenvalue weighted by atomic mass is 9.90. The molecular weight excluding hydrogens is 691 g/mol. The molecule has 0 saturated carbocycles. The van der Waals surface area contributed by atoms with Crippen LogP contribution in [0.5, 0.6) is 5.75 Å². The number of unbranched alkanes of at least 4 members (excludes halogenated alkanes) is 12. The van der Waals surface area contributed by atoms with Gasteiger partial charge in [0.1, 0.15) is 11.8 Å². The summed E-state index contributed by atoms with van der Waals surface area (Å²) in [5, 5.41) is 18.4. The summed E-state index contributed by atoms with van der Waals surface area (Å²) in [7, 11) is 0. The monoisotopic (exact) mass is 762 g/mol. The van der Waals surface area contributed by atoms with Crippen molar-refractivity contribution in [2.75, 3.05) is 0 Å². The van der Waals surface area contributed by atoms with E-state index in [0.717, 1.165) is 30.4 Å². The maximum absolute atomic E-state index is 13.8. The number of hydrogen-bond donors (Lipinski definition) is 4. The van der Waals surface area contributed by atoms with Crippen LogP contribution in [0, 0.1) is 11.8 Å². The normalized spacial score (nSPS) is 13.4. The molecule has 2 aromatic rings. The zero-order valence-corrected chi connectivity index (χ0v) is 34.5. The Hall–Kier alpha value is -4.01. The Kier molecular flexibility index (Phi) is 23.6. The Balaban J connectivity index is 1.94. The molecule has 4 atom stereocenters. The van der Waals surface area contributed by atoms with Gasteiger partial charge in [-0.15, -0.1) is 0 Å². The van der Waals surface area contributed by atoms with Crippen LogP contribution >= 0.6 is 0 Å². The summed E-state index contributed by atoms with van der Waals surface area (Å²) < 4.78 is 0. The Morgan fingerprint density at radius 2 is 1.13 bits per heavy atom. The fraction of sp³-hybridized carbons (Fsp3) is 0.630. The number of ketones is 2. The average Bonchev–Trinajstić information content (AvgIpc) is 3.16. The van der Waals surface area contributed by atoms with Crippen molar-refractivity contribution in [1.29, 1.82) is 0 Å². The number of phenols is 1. The van der Waals surface area contributed by atoms with Crippen LogP contribution in [0.4, 0.5) is 0 Å². The molecule has 9 heteroatoms. The molecule has 9 nitrogen and oxygen atoms in total. The van der Waals surface area contributed by atoms with E-state index in [-0.39, 0.29) is 48.4 Å². The molecular formula is C46H71N3O6. The zero-order valence-electron chi connectivity index (χ0n) is 34.5. The SMILES string of the molecule is CCCCCCCCCCCCCCCC(=O)N[C@@H](CC(C)C)C(=O)N[C@@H](C)C(=O)C[C@@H](Cc1ccc(O)cc1)C(=O)N[C@@H](Cc1ccccc1)C(=O)CC. The molecule has 0 spiro atoms. The molecule has 0 aliphatic rings. The highest BCUT2D eigenvalue weighted by Gasteiger charge is 2.30. The van der Waals surface area contributed by atoms with Gasteiger partial charge in [-0.1, -0.05) is 147 Å². The molecule has 2 rings (SSSR count). The Labute approximate surface area is 331 Å². The highest BCUT2D eigenvalue weighted by molar-refractivity contribution is 5.95. The van der Waals surface area contributed by atoms with E-state index in [2.05, 4.69) is 22.9 Å². The van der Waals surface area contributed by atoms with Crippen molar-refractivity contribution in [2.45, 2.75) is 175 Å². The molecule has 0 bridgehead atoms. The van der Waals surface area contributed by atoms with Gasteiger partial charge >= 0.3 is 0 Å². The van der Waals surface area contributed by atoms with Crippen LogP contribution in [-0.2, 0) is 36.8 Å². The van der Waals surface area contributed by atoms with E-state index in [1.54, 1.807) is 26.0 Å². The van der Waals surface area contributed by atoms with E-state index < -0.39 is 35.9 Å². The highest BCUT2D eigenvalue weighted by Crippen LogP contribution is 2.19. The smallest absolute Gasteiger partial charge is 0.243 e. The van der Waals surface area contributed by atoms with E-state index in [0.29, 0.717) is 19.3 Å². The van der Waals surface area contributed by atoms with Crippen LogP contribution in [-0.4, -0.2) is 52.5 Å². The van der Waals surface area contributed by atoms with Crippen molar-refractivity contribution in [3.8, 4) is 5.75 Å². The number of rotatable bonds is 30. The van der Waals surface area contributed by atoms with Gasteiger partial charge in [-0.2, -0.15) is 0 Å². The molecule has 0 unspecified atom stereocenters. The molecule has 2 aromatic carbocycles. The minimum atomic E-state index is -0.910. The maximum Gasteiger partial charge on any atom is 0.243 e. The van der Waals surface area contributed by atoms with Crippen molar-refractivity contribution in [2.24, 2.45) is 11.8 Å². The molecule has 0 aliphatic heterocycles. The molecule has 0 radical (unpaired) electrons. The van der Waals surface area contributed by atoms with Gasteiger partial charge < -0.3 is 21.1 Å². The topological polar surface area (TPSA) is 142 Å². The number of amides is 3. The Morgan fingerprint density at radius 3 is 1.67 bits per heavy atom. The van der Waals surface area contributed by atoms with Gasteiger partial charge in [0.2, 0.25) is 17.7 Å². The first-order chi connectivity index (χ1) is 26.4. The van der Waals surface area contributed by atoms with Crippen LogP contribution in [0.2, 0.25) is 0 Å². The second-order valence-electron chi connectivity index (χ2n) is 15.8. The predicted octanol–water partition coefficient (Wildman–Crippen LogP) is 8.73. The zero-order chi connectivity index (χ0) is 40.4. The van der Waals surface area contributed by atoms with Gasteiger partial charge in [-0.05, 0) is 61.8 Å². The number of nitrogens with one attached hydrogen (secondary N) is 3. The van der Waals surface area contributed by atoms with Gasteiger partial charge in [0.25, 0.3) is 0 Å². The summed E-state index contributed by atoms with van der Waals surface area (Å²) >= 11 is 0. The van der Waals surface area contributed by atoms with Gasteiger partial charge in [0, 0.05) is 25.2 Å². The molecule has 0 heterocycles. The largest absolute Gasteiger partial charge is 0.508 e. The van der Waals surface area contributed by atoms with Gasteiger partial charge in [0.05, 0.1) is 12.1 Å². The third kappa shape index (κ3) is 20.5. The molecule has 306 valence electrons. The number of phenolic OH excluding ortho intramolecular Hbond substituents is 1. The van der Waals surface area contributed by atoms with Crippen molar-refractivity contribution in [3.63, 3.8) is 0 Å². The van der Waals surface area contributed by atoms with E-state index in [1.165, 1.54) is 76.3 Å². The van der Waals surface area contributed by atoms with Crippen molar-refractivity contribution in [3.05, 3.63) is 65.7 Å². The number of carbonyl (C=O) groups is 5. The van der Waals surface area contributed by atoms with Crippen molar-refractivity contribution < 1.29 is 29.1 Å². The number of aromatic hydroxyl groups is 1. The maximum atomic E-state index is 13.8. The van der Waals surface area contributed by atoms with E-state index >= 15 is 0 Å². The quantitative estimate of drug-likeness (QED) is 0.0587. The van der Waals surface area contributed by atoms with Gasteiger partial charge in [-0.3, -0.25) is 24.0 Å². The van der Waals surface area contributed by atoms with Crippen LogP contribution in [0.25, 0.3) is 0 Å². The molecule has 0 fully saturated rings. The van der Waals surface area contributed by atoms with Crippen LogP contribution < -0.4 is 16.0 Å². The van der Waals surface area contributed by atoms with Crippen molar-refractivity contribution in [1.82, 2.24) is 16.0 Å². The summed E-state index contributed by atoms with van der Waals surface area (Å²) in [5.74, 6) is -2.08. The first-order valence-electron chi connectivity index (χ1n) is 21.2. The van der Waals surface area contributed by atoms with Gasteiger partial charge in [-0.25, -0.2) is 0 Å². The van der Waals surface area contributed by atoms with Crippen LogP contribution in [0.15, 0.2) is 54.6 Å². The van der Waals surface area contributed by atoms with E-state index in [1.807, 2.05) is 44.2 Å². The lowest BCUT2D eigenvalue weighted by molar-refractivity contribution is -0.134. The standard InChI is InChI=1S/C46H71N3O6/c1-6-8-9-10-11-12-13-14-15-16-17-18-22-25-44(53)48-41(30-34(3)4)46(55)47-35(5)43(52)33-38(31-37-26-28-39(50)29-27-37)45(54)49-40(42(51)7-2)32-36-23-20-19-21-24-36/h19-21,23-24,26-29,34-35,38,40-41,50H,6-18,22,25,30-33H2,1-5H3,(H,47,55)(H,48,53)(H,49,54)/t35-,38+,40-,41-/m0/s1. The van der Waals surface area contributed by atoms with E-state index in [9.17, 15) is 29.1 Å². The third-order valence-electron chi connectivity index (χ3n) is 10.3. The first kappa shape index (κ1) is 47.1. The lowest BCUT2D eigenvalue weighted by Crippen LogP contribution is -2.51. The Morgan fingerprint density at radius 1 is 0.582 bits per heavy atom. The average molecular weight is 762 g/mol. The molecule has 55 heavy (non-hydrogen) atoms. The fourth-order valence-electron chi connectivity index (χ4n) is 6.89. The lowest BCUT2D eigenvalue weighted by Gasteiger charge is -2.24. The fourth-order valence-corrected chi connectivity index (χ4v) is 6.89. The van der Waals surface area contributed by atoms with E-state index in [4.69, 9.17) is 0 Å². The summed E-state index contributed by atoms with van der Waals surface area (Å²) in [6, 6.07) is 13.4. The summed E-state index contributed by atoms with van der Waals surface area (Å²) in [6.07, 6.45) is 17.3. The molecule has 0 saturated heterocycles. The molecule has 0 aliphatic carbocycles. The summed E-state index contributed by atoms with van der Waals surface area (Å²) in [6.45, 7) is 9.55. The van der Waals surface area contributed by atoms with Crippen LogP contribution in [0.3, 0.4) is 0 Å². The number of Topliss-reactive ketones (excluding diaryl/α,β-unsaturated/α-hetero) is 2. The second kappa shape index (κ2) is 27.6. The number of benzene rings is 2. The molecule has 3 amide bonds. The highest BCUT2D eigenvalue weighted by atomic mass is 16.3. The van der Waals surface area contributed by atoms with Crippen LogP contribution in [0.1, 0.15) is 155 Å². The molecule has 4 N–H and O–H groups in total. The number of carbonyl (C=O) groups excluding carboxylic acids is 5. The summed E-state index contributed by atoms with van der Waals surface area (Å²) in [5.41, 5.74) is 1.65. The first-order valence-corrected chi connectivity index (χ1v) is 21.2. The van der Waals surface area contributed by atoms with Crippen molar-refractivity contribution >= 4 is 29.3 Å². The minimum Gasteiger partial charge on any atom is -0.508 e. The third-order valence-corrected chi connectivity index (χ3v) is 10.3. The Bertz CT molecular complexity index is 1410. The minimum absolute atomic E-state index is 0.0843. The predicted molar refractivity (Wildman–Crippen MR) is 222 cm³/mol. The number of hydrogen-bond acceptors (Lipinski definition) is 6. The molecule has 0 aromatic heterocycles. The summed E-state index contributed by atoms with van der Waals surface area (Å²) in [4.78, 5) is 66.7.